The Kier molecular flexibility index (Phi) is 9.32. The van der Waals surface area contributed by atoms with Crippen molar-refractivity contribution >= 4 is 5.97 Å². The Labute approximate surface area is 191 Å². The highest BCUT2D eigenvalue weighted by molar-refractivity contribution is 5.76. The highest BCUT2D eigenvalue weighted by Gasteiger charge is 2.51. The standard InChI is InChI=1S/C27H47NO3/c1-20(2)27(10,23(29)31-17-16-30-11)19-25(6,7)26(8,9)21(18-24(3,4)5)22-14-12-13-15-28-22/h12-15,20-21H,16-19H2,1-11H3. The van der Waals surface area contributed by atoms with E-state index in [1.54, 1.807) is 7.11 Å². The summed E-state index contributed by atoms with van der Waals surface area (Å²) in [6, 6.07) is 6.20. The molecule has 0 aliphatic carbocycles. The Balaban J connectivity index is 3.32. The van der Waals surface area contributed by atoms with E-state index in [4.69, 9.17) is 14.5 Å². The summed E-state index contributed by atoms with van der Waals surface area (Å²) in [4.78, 5) is 17.9. The Hall–Kier alpha value is -1.42. The predicted molar refractivity (Wildman–Crippen MR) is 129 cm³/mol. The van der Waals surface area contributed by atoms with Gasteiger partial charge in [-0.25, -0.2) is 0 Å². The van der Waals surface area contributed by atoms with Crippen molar-refractivity contribution in [1.82, 2.24) is 4.98 Å². The molecule has 2 unspecified atom stereocenters. The molecule has 0 bridgehead atoms. The summed E-state index contributed by atoms with van der Waals surface area (Å²) in [5.41, 5.74) is 0.475. The Bertz CT molecular complexity index is 688. The minimum absolute atomic E-state index is 0.0996. The first-order valence-electron chi connectivity index (χ1n) is 11.7. The minimum Gasteiger partial charge on any atom is -0.463 e. The topological polar surface area (TPSA) is 48.4 Å². The van der Waals surface area contributed by atoms with Gasteiger partial charge in [-0.2, -0.15) is 0 Å². The molecule has 0 fully saturated rings. The van der Waals surface area contributed by atoms with Gasteiger partial charge in [0.05, 0.1) is 12.0 Å². The monoisotopic (exact) mass is 433 g/mol. The molecule has 0 amide bonds. The fraction of sp³-hybridized carbons (Fsp3) is 0.778. The van der Waals surface area contributed by atoms with Gasteiger partial charge in [0.15, 0.2) is 0 Å². The average Bonchev–Trinajstić information content (AvgIpc) is 2.65. The van der Waals surface area contributed by atoms with Gasteiger partial charge in [0.2, 0.25) is 0 Å². The number of carbonyl (C=O) groups excluding carboxylic acids is 1. The molecule has 0 saturated carbocycles. The lowest BCUT2D eigenvalue weighted by Crippen LogP contribution is -2.46. The van der Waals surface area contributed by atoms with Gasteiger partial charge < -0.3 is 9.47 Å². The van der Waals surface area contributed by atoms with Gasteiger partial charge in [0.1, 0.15) is 6.61 Å². The zero-order valence-electron chi connectivity index (χ0n) is 22.0. The van der Waals surface area contributed by atoms with Gasteiger partial charge in [-0.15, -0.1) is 0 Å². The lowest BCUT2D eigenvalue weighted by atomic mass is 9.53. The van der Waals surface area contributed by atoms with E-state index in [2.05, 4.69) is 81.4 Å². The number of rotatable bonds is 11. The first-order valence-corrected chi connectivity index (χ1v) is 11.7. The maximum Gasteiger partial charge on any atom is 0.312 e. The number of pyridine rings is 1. The molecule has 178 valence electrons. The highest BCUT2D eigenvalue weighted by atomic mass is 16.6. The summed E-state index contributed by atoms with van der Waals surface area (Å²) in [7, 11) is 1.62. The third kappa shape index (κ3) is 7.03. The number of hydrogen-bond donors (Lipinski definition) is 0. The number of esters is 1. The zero-order valence-corrected chi connectivity index (χ0v) is 22.0. The van der Waals surface area contributed by atoms with Crippen LogP contribution >= 0.6 is 0 Å². The molecule has 0 aliphatic rings. The van der Waals surface area contributed by atoms with Crippen LogP contribution in [0.4, 0.5) is 0 Å². The lowest BCUT2D eigenvalue weighted by Gasteiger charge is -2.52. The molecule has 0 spiro atoms. The first-order chi connectivity index (χ1) is 14.1. The molecular weight excluding hydrogens is 386 g/mol. The van der Waals surface area contributed by atoms with Crippen molar-refractivity contribution in [3.63, 3.8) is 0 Å². The summed E-state index contributed by atoms with van der Waals surface area (Å²) in [5.74, 6) is 0.298. The van der Waals surface area contributed by atoms with Crippen LogP contribution in [0.1, 0.15) is 93.7 Å². The van der Waals surface area contributed by atoms with E-state index in [1.807, 2.05) is 12.3 Å². The molecule has 31 heavy (non-hydrogen) atoms. The van der Waals surface area contributed by atoms with Crippen LogP contribution in [-0.4, -0.2) is 31.3 Å². The molecule has 1 rings (SSSR count). The first kappa shape index (κ1) is 27.6. The molecule has 4 heteroatoms. The molecule has 0 saturated heterocycles. The molecule has 0 aromatic carbocycles. The fourth-order valence-electron chi connectivity index (χ4n) is 4.44. The van der Waals surface area contributed by atoms with Gasteiger partial charge in [-0.05, 0) is 54.1 Å². The molecule has 0 radical (unpaired) electrons. The molecule has 1 aromatic rings. The van der Waals surface area contributed by atoms with E-state index in [9.17, 15) is 4.79 Å². The number of ether oxygens (including phenoxy) is 2. The molecule has 0 aliphatic heterocycles. The second-order valence-corrected chi connectivity index (χ2v) is 12.1. The summed E-state index contributed by atoms with van der Waals surface area (Å²) in [6.45, 7) is 23.2. The number of aromatic nitrogens is 1. The maximum atomic E-state index is 13.2. The summed E-state index contributed by atoms with van der Waals surface area (Å²) < 4.78 is 10.7. The Morgan fingerprint density at radius 3 is 2.06 bits per heavy atom. The van der Waals surface area contributed by atoms with Gasteiger partial charge in [0.25, 0.3) is 0 Å². The number of carbonyl (C=O) groups is 1. The number of methoxy groups -OCH3 is 1. The fourth-order valence-corrected chi connectivity index (χ4v) is 4.44. The van der Waals surface area contributed by atoms with Crippen molar-refractivity contribution in [2.24, 2.45) is 27.6 Å². The highest BCUT2D eigenvalue weighted by Crippen LogP contribution is 2.57. The van der Waals surface area contributed by atoms with Crippen LogP contribution in [0.2, 0.25) is 0 Å². The summed E-state index contributed by atoms with van der Waals surface area (Å²) >= 11 is 0. The van der Waals surface area contributed by atoms with E-state index in [1.165, 1.54) is 0 Å². The molecule has 1 heterocycles. The molecule has 2 atom stereocenters. The smallest absolute Gasteiger partial charge is 0.312 e. The second kappa shape index (κ2) is 10.5. The average molecular weight is 434 g/mol. The summed E-state index contributed by atoms with van der Waals surface area (Å²) in [6.07, 6.45) is 3.65. The normalized spacial score (nSPS) is 16.1. The van der Waals surface area contributed by atoms with Gasteiger partial charge in [-0.1, -0.05) is 68.4 Å². The van der Waals surface area contributed by atoms with Crippen molar-refractivity contribution in [3.05, 3.63) is 30.1 Å². The van der Waals surface area contributed by atoms with Crippen molar-refractivity contribution < 1.29 is 14.3 Å². The quantitative estimate of drug-likeness (QED) is 0.281. The molecule has 1 aromatic heterocycles. The molecule has 0 N–H and O–H groups in total. The van der Waals surface area contributed by atoms with Crippen LogP contribution in [0.25, 0.3) is 0 Å². The van der Waals surface area contributed by atoms with Gasteiger partial charge in [0, 0.05) is 24.9 Å². The molecule has 4 nitrogen and oxygen atoms in total. The van der Waals surface area contributed by atoms with E-state index in [-0.39, 0.29) is 34.1 Å². The van der Waals surface area contributed by atoms with Crippen molar-refractivity contribution in [2.45, 2.75) is 88.0 Å². The Morgan fingerprint density at radius 1 is 1.00 bits per heavy atom. The molecular formula is C27H47NO3. The van der Waals surface area contributed by atoms with E-state index >= 15 is 0 Å². The van der Waals surface area contributed by atoms with Crippen LogP contribution in [-0.2, 0) is 14.3 Å². The predicted octanol–water partition coefficient (Wildman–Crippen LogP) is 6.90. The maximum absolute atomic E-state index is 13.2. The number of nitrogens with zero attached hydrogens (tertiary/aromatic N) is 1. The van der Waals surface area contributed by atoms with Gasteiger partial charge >= 0.3 is 5.97 Å². The van der Waals surface area contributed by atoms with E-state index in [0.29, 0.717) is 13.2 Å². The van der Waals surface area contributed by atoms with Crippen LogP contribution in [0.3, 0.4) is 0 Å². The zero-order chi connectivity index (χ0) is 24.1. The largest absolute Gasteiger partial charge is 0.463 e. The van der Waals surface area contributed by atoms with E-state index in [0.717, 1.165) is 18.5 Å². The second-order valence-electron chi connectivity index (χ2n) is 12.1. The third-order valence-corrected chi connectivity index (χ3v) is 7.55. The van der Waals surface area contributed by atoms with Crippen molar-refractivity contribution in [3.8, 4) is 0 Å². The van der Waals surface area contributed by atoms with Crippen LogP contribution in [0, 0.1) is 27.6 Å². The Morgan fingerprint density at radius 2 is 1.61 bits per heavy atom. The SMILES string of the molecule is COCCOC(=O)C(C)(CC(C)(C)C(C)(C)C(CC(C)(C)C)c1ccccn1)C(C)C. The van der Waals surface area contributed by atoms with E-state index < -0.39 is 5.41 Å². The van der Waals surface area contributed by atoms with Crippen LogP contribution in [0.5, 0.6) is 0 Å². The summed E-state index contributed by atoms with van der Waals surface area (Å²) in [5, 5.41) is 0. The van der Waals surface area contributed by atoms with Crippen molar-refractivity contribution in [2.75, 3.05) is 20.3 Å². The van der Waals surface area contributed by atoms with Crippen molar-refractivity contribution in [1.29, 1.82) is 0 Å². The van der Waals surface area contributed by atoms with Crippen LogP contribution in [0.15, 0.2) is 24.4 Å². The lowest BCUT2D eigenvalue weighted by molar-refractivity contribution is -0.163. The van der Waals surface area contributed by atoms with Gasteiger partial charge in [-0.3, -0.25) is 9.78 Å². The number of hydrogen-bond acceptors (Lipinski definition) is 4. The minimum atomic E-state index is -0.578. The third-order valence-electron chi connectivity index (χ3n) is 7.55. The van der Waals surface area contributed by atoms with Crippen LogP contribution < -0.4 is 0 Å².